The molecule has 0 saturated heterocycles. The van der Waals surface area contributed by atoms with Crippen LogP contribution in [0.2, 0.25) is 0 Å². The van der Waals surface area contributed by atoms with Crippen LogP contribution < -0.4 is 5.43 Å². The molecular weight excluding hydrogens is 260 g/mol. The SMILES string of the molecule is CCN(CC)NC(=S)[S-].[Ag+]. The van der Waals surface area contributed by atoms with Crippen LogP contribution in [-0.2, 0) is 35.0 Å². The fraction of sp³-hybridized carbons (Fsp3) is 0.800. The number of nitrogens with one attached hydrogen (secondary N) is 1. The molecule has 0 fully saturated rings. The standard InChI is InChI=1S/C5H12N2S2.Ag/c1-3-7(4-2)6-5(8)9;/h3-4H2,1-2H3,(H2,6,8,9);/q;+1/p-1. The van der Waals surface area contributed by atoms with Gasteiger partial charge in [-0.05, 0) is 4.32 Å². The van der Waals surface area contributed by atoms with Gasteiger partial charge in [-0.3, -0.25) is 0 Å². The first-order valence-electron chi connectivity index (χ1n) is 2.93. The summed E-state index contributed by atoms with van der Waals surface area (Å²) in [4.78, 5) is 0. The van der Waals surface area contributed by atoms with Gasteiger partial charge < -0.3 is 30.3 Å². The van der Waals surface area contributed by atoms with Crippen molar-refractivity contribution in [3.63, 3.8) is 0 Å². The van der Waals surface area contributed by atoms with Crippen molar-refractivity contribution in [1.29, 1.82) is 0 Å². The number of hydrazine groups is 1. The van der Waals surface area contributed by atoms with Crippen molar-refractivity contribution in [2.45, 2.75) is 13.8 Å². The second-order valence-electron chi connectivity index (χ2n) is 1.57. The van der Waals surface area contributed by atoms with Crippen LogP contribution in [0.4, 0.5) is 0 Å². The van der Waals surface area contributed by atoms with Crippen LogP contribution >= 0.6 is 12.2 Å². The first kappa shape index (κ1) is 13.4. The molecule has 0 saturated carbocycles. The van der Waals surface area contributed by atoms with Gasteiger partial charge in [-0.2, -0.15) is 0 Å². The summed E-state index contributed by atoms with van der Waals surface area (Å²) in [6, 6.07) is 0. The summed E-state index contributed by atoms with van der Waals surface area (Å²) in [5, 5.41) is 1.95. The largest absolute Gasteiger partial charge is 1.00 e. The fourth-order valence-electron chi connectivity index (χ4n) is 0.511. The van der Waals surface area contributed by atoms with Crippen molar-refractivity contribution in [1.82, 2.24) is 10.4 Å². The van der Waals surface area contributed by atoms with E-state index < -0.39 is 0 Å². The van der Waals surface area contributed by atoms with E-state index in [2.05, 4.69) is 30.3 Å². The van der Waals surface area contributed by atoms with E-state index >= 15 is 0 Å². The summed E-state index contributed by atoms with van der Waals surface area (Å²) < 4.78 is 0.415. The van der Waals surface area contributed by atoms with Gasteiger partial charge in [0.15, 0.2) is 0 Å². The average molecular weight is 271 g/mol. The van der Waals surface area contributed by atoms with Crippen LogP contribution in [0.3, 0.4) is 0 Å². The van der Waals surface area contributed by atoms with Gasteiger partial charge in [-0.25, -0.2) is 5.01 Å². The predicted octanol–water partition coefficient (Wildman–Crippen LogP) is 0.662. The minimum atomic E-state index is 0. The number of thiocarbonyl (C=S) groups is 1. The molecule has 5 heteroatoms. The Morgan fingerprint density at radius 3 is 2.00 bits per heavy atom. The van der Waals surface area contributed by atoms with E-state index in [1.807, 2.05) is 18.9 Å². The molecule has 64 valence electrons. The molecule has 1 N–H and O–H groups in total. The summed E-state index contributed by atoms with van der Waals surface area (Å²) in [6.07, 6.45) is 0. The molecule has 0 heterocycles. The van der Waals surface area contributed by atoms with E-state index in [-0.39, 0.29) is 22.4 Å². The zero-order valence-electron chi connectivity index (χ0n) is 5.98. The molecule has 0 aliphatic heterocycles. The molecule has 0 unspecified atom stereocenters. The Balaban J connectivity index is 0. The second kappa shape index (κ2) is 7.91. The Bertz CT molecular complexity index is 95.6. The van der Waals surface area contributed by atoms with E-state index in [0.717, 1.165) is 13.1 Å². The molecule has 10 heavy (non-hydrogen) atoms. The zero-order valence-corrected chi connectivity index (χ0v) is 9.09. The minimum absolute atomic E-state index is 0. The van der Waals surface area contributed by atoms with Crippen molar-refractivity contribution >= 4 is 29.2 Å². The number of rotatable bonds is 3. The molecular formula is C5H11AgN2S2. The predicted molar refractivity (Wildman–Crippen MR) is 46.0 cm³/mol. The van der Waals surface area contributed by atoms with Gasteiger partial charge in [-0.1, -0.05) is 13.8 Å². The molecule has 0 aromatic heterocycles. The van der Waals surface area contributed by atoms with Crippen LogP contribution in [0.5, 0.6) is 0 Å². The third kappa shape index (κ3) is 6.92. The van der Waals surface area contributed by atoms with Crippen LogP contribution in [-0.4, -0.2) is 22.4 Å². The molecule has 0 atom stereocenters. The van der Waals surface area contributed by atoms with Crippen molar-refractivity contribution in [2.24, 2.45) is 0 Å². The Morgan fingerprint density at radius 2 is 1.90 bits per heavy atom. The van der Waals surface area contributed by atoms with E-state index in [1.54, 1.807) is 0 Å². The monoisotopic (exact) mass is 270 g/mol. The van der Waals surface area contributed by atoms with Crippen LogP contribution in [0.15, 0.2) is 0 Å². The minimum Gasteiger partial charge on any atom is -0.410 e. The molecule has 0 aliphatic carbocycles. The number of nitrogens with zero attached hydrogens (tertiary/aromatic N) is 1. The third-order valence-electron chi connectivity index (χ3n) is 1.01. The van der Waals surface area contributed by atoms with Crippen molar-refractivity contribution in [3.8, 4) is 0 Å². The average Bonchev–Trinajstić information content (AvgIpc) is 1.82. The van der Waals surface area contributed by atoms with E-state index in [1.165, 1.54) is 0 Å². The van der Waals surface area contributed by atoms with E-state index in [9.17, 15) is 0 Å². The molecule has 0 amide bonds. The van der Waals surface area contributed by atoms with E-state index in [4.69, 9.17) is 0 Å². The summed E-state index contributed by atoms with van der Waals surface area (Å²) in [5.74, 6) is 0. The Hall–Kier alpha value is 0.810. The molecule has 0 aromatic rings. The molecule has 0 bridgehead atoms. The van der Waals surface area contributed by atoms with Crippen molar-refractivity contribution < 1.29 is 22.4 Å². The Morgan fingerprint density at radius 1 is 1.50 bits per heavy atom. The topological polar surface area (TPSA) is 15.3 Å². The molecule has 0 spiro atoms. The van der Waals surface area contributed by atoms with Gasteiger partial charge in [0, 0.05) is 13.1 Å². The van der Waals surface area contributed by atoms with Gasteiger partial charge in [0.25, 0.3) is 0 Å². The Kier molecular flexibility index (Phi) is 10.6. The maximum absolute atomic E-state index is 4.67. The summed E-state index contributed by atoms with van der Waals surface area (Å²) >= 11 is 9.33. The molecule has 0 aliphatic rings. The maximum Gasteiger partial charge on any atom is 1.00 e. The second-order valence-corrected chi connectivity index (χ2v) is 2.65. The summed E-state index contributed by atoms with van der Waals surface area (Å²) in [7, 11) is 0. The fourth-order valence-corrected chi connectivity index (χ4v) is 0.769. The number of hydrogen-bond donors (Lipinski definition) is 1. The molecule has 0 aromatic carbocycles. The quantitative estimate of drug-likeness (QED) is 0.351. The normalized spacial score (nSPS) is 8.70. The first-order chi connectivity index (χ1) is 4.20. The molecule has 0 rings (SSSR count). The van der Waals surface area contributed by atoms with Crippen LogP contribution in [0.25, 0.3) is 0 Å². The van der Waals surface area contributed by atoms with Gasteiger partial charge in [0.2, 0.25) is 0 Å². The van der Waals surface area contributed by atoms with Gasteiger partial charge >= 0.3 is 22.4 Å². The number of hydrogen-bond acceptors (Lipinski definition) is 3. The van der Waals surface area contributed by atoms with Crippen LogP contribution in [0, 0.1) is 0 Å². The van der Waals surface area contributed by atoms with Gasteiger partial charge in [0.05, 0.1) is 0 Å². The van der Waals surface area contributed by atoms with Crippen molar-refractivity contribution in [3.05, 3.63) is 0 Å². The molecule has 2 nitrogen and oxygen atoms in total. The van der Waals surface area contributed by atoms with Crippen LogP contribution in [0.1, 0.15) is 13.8 Å². The first-order valence-corrected chi connectivity index (χ1v) is 3.75. The smallest absolute Gasteiger partial charge is 0.410 e. The van der Waals surface area contributed by atoms with Gasteiger partial charge in [0.1, 0.15) is 0 Å². The summed E-state index contributed by atoms with van der Waals surface area (Å²) in [6.45, 7) is 5.94. The Labute approximate surface area is 88.6 Å². The maximum atomic E-state index is 4.67. The van der Waals surface area contributed by atoms with Gasteiger partial charge in [-0.15, -0.1) is 0 Å². The van der Waals surface area contributed by atoms with Crippen molar-refractivity contribution in [2.75, 3.05) is 13.1 Å². The third-order valence-corrected chi connectivity index (χ3v) is 1.20. The van der Waals surface area contributed by atoms with E-state index in [0.29, 0.717) is 4.32 Å². The zero-order chi connectivity index (χ0) is 7.28. The summed E-state index contributed by atoms with van der Waals surface area (Å²) in [5.41, 5.74) is 2.86. The molecule has 0 radical (unpaired) electrons.